The third-order valence-electron chi connectivity index (χ3n) is 3.64. The van der Waals surface area contributed by atoms with Gasteiger partial charge in [0.1, 0.15) is 5.82 Å². The number of carbonyl (C=O) groups excluding carboxylic acids is 3. The molecule has 0 saturated heterocycles. The molecule has 6 nitrogen and oxygen atoms in total. The highest BCUT2D eigenvalue weighted by Crippen LogP contribution is 2.18. The first-order valence-electron chi connectivity index (χ1n) is 8.18. The fourth-order valence-electron chi connectivity index (χ4n) is 2.30. The van der Waals surface area contributed by atoms with Crippen LogP contribution in [0.3, 0.4) is 0 Å². The molecular formula is C20H15FN2O4S. The Balaban J connectivity index is 1.62. The summed E-state index contributed by atoms with van der Waals surface area (Å²) in [6.07, 6.45) is 0. The quantitative estimate of drug-likeness (QED) is 0.616. The van der Waals surface area contributed by atoms with Crippen molar-refractivity contribution >= 4 is 40.5 Å². The first-order chi connectivity index (χ1) is 13.5. The molecule has 0 aliphatic heterocycles. The zero-order valence-corrected chi connectivity index (χ0v) is 15.3. The SMILES string of the molecule is O=C(COC(=O)c1ccsc1)Nc1ccccc1C(=O)Nc1ccc(F)cc1. The molecule has 0 unspecified atom stereocenters. The van der Waals surface area contributed by atoms with Crippen molar-refractivity contribution < 1.29 is 23.5 Å². The molecule has 2 N–H and O–H groups in total. The highest BCUT2D eigenvalue weighted by atomic mass is 32.1. The highest BCUT2D eigenvalue weighted by Gasteiger charge is 2.15. The maximum absolute atomic E-state index is 13.0. The van der Waals surface area contributed by atoms with E-state index in [9.17, 15) is 18.8 Å². The Kier molecular flexibility index (Phi) is 6.13. The number of rotatable bonds is 6. The normalized spacial score (nSPS) is 10.2. The Labute approximate surface area is 164 Å². The summed E-state index contributed by atoms with van der Waals surface area (Å²) in [5.41, 5.74) is 1.26. The van der Waals surface area contributed by atoms with Gasteiger partial charge in [-0.15, -0.1) is 0 Å². The van der Waals surface area contributed by atoms with Gasteiger partial charge >= 0.3 is 5.97 Å². The number of ether oxygens (including phenoxy) is 1. The van der Waals surface area contributed by atoms with Crippen molar-refractivity contribution in [3.05, 3.63) is 82.3 Å². The molecule has 8 heteroatoms. The molecule has 0 bridgehead atoms. The number of hydrogen-bond acceptors (Lipinski definition) is 5. The van der Waals surface area contributed by atoms with Crippen molar-refractivity contribution in [2.75, 3.05) is 17.2 Å². The summed E-state index contributed by atoms with van der Waals surface area (Å²) < 4.78 is 17.9. The van der Waals surface area contributed by atoms with E-state index in [0.717, 1.165) is 0 Å². The fourth-order valence-corrected chi connectivity index (χ4v) is 2.93. The van der Waals surface area contributed by atoms with Crippen molar-refractivity contribution in [1.29, 1.82) is 0 Å². The first-order valence-corrected chi connectivity index (χ1v) is 9.12. The van der Waals surface area contributed by atoms with Gasteiger partial charge in [0, 0.05) is 11.1 Å². The number of esters is 1. The average Bonchev–Trinajstić information content (AvgIpc) is 3.23. The van der Waals surface area contributed by atoms with Crippen LogP contribution < -0.4 is 10.6 Å². The molecule has 0 atom stereocenters. The van der Waals surface area contributed by atoms with Gasteiger partial charge in [0.05, 0.1) is 16.8 Å². The first kappa shape index (κ1) is 19.2. The van der Waals surface area contributed by atoms with Gasteiger partial charge in [0.15, 0.2) is 6.61 Å². The maximum atomic E-state index is 13.0. The van der Waals surface area contributed by atoms with Gasteiger partial charge in [0.2, 0.25) is 0 Å². The second-order valence-corrected chi connectivity index (χ2v) is 6.42. The van der Waals surface area contributed by atoms with E-state index in [4.69, 9.17) is 4.74 Å². The van der Waals surface area contributed by atoms with Gasteiger partial charge in [-0.3, -0.25) is 9.59 Å². The molecule has 0 aliphatic carbocycles. The summed E-state index contributed by atoms with van der Waals surface area (Å²) in [5, 5.41) is 8.53. The average molecular weight is 398 g/mol. The van der Waals surface area contributed by atoms with E-state index in [1.165, 1.54) is 41.7 Å². The minimum Gasteiger partial charge on any atom is -0.452 e. The molecule has 0 aliphatic rings. The minimum absolute atomic E-state index is 0.212. The van der Waals surface area contributed by atoms with Gasteiger partial charge in [-0.2, -0.15) is 11.3 Å². The molecule has 28 heavy (non-hydrogen) atoms. The minimum atomic E-state index is -0.598. The lowest BCUT2D eigenvalue weighted by Gasteiger charge is -2.11. The summed E-state index contributed by atoms with van der Waals surface area (Å²) in [6.45, 7) is -0.484. The number of nitrogens with one attached hydrogen (secondary N) is 2. The molecule has 0 fully saturated rings. The van der Waals surface area contributed by atoms with Crippen LogP contribution in [0.25, 0.3) is 0 Å². The van der Waals surface area contributed by atoms with E-state index in [1.54, 1.807) is 35.0 Å². The Morgan fingerprint density at radius 2 is 1.71 bits per heavy atom. The molecular weight excluding hydrogens is 383 g/mol. The topological polar surface area (TPSA) is 84.5 Å². The summed E-state index contributed by atoms with van der Waals surface area (Å²) >= 11 is 1.34. The van der Waals surface area contributed by atoms with Crippen molar-refractivity contribution in [2.45, 2.75) is 0 Å². The molecule has 3 aromatic rings. The second kappa shape index (κ2) is 8.92. The van der Waals surface area contributed by atoms with Crippen LogP contribution >= 0.6 is 11.3 Å². The van der Waals surface area contributed by atoms with Crippen LogP contribution in [0.2, 0.25) is 0 Å². The summed E-state index contributed by atoms with van der Waals surface area (Å²) in [6, 6.07) is 13.3. The van der Waals surface area contributed by atoms with Crippen LogP contribution in [0.4, 0.5) is 15.8 Å². The highest BCUT2D eigenvalue weighted by molar-refractivity contribution is 7.08. The zero-order valence-electron chi connectivity index (χ0n) is 14.5. The maximum Gasteiger partial charge on any atom is 0.339 e. The Morgan fingerprint density at radius 1 is 0.964 bits per heavy atom. The molecule has 2 aromatic carbocycles. The smallest absolute Gasteiger partial charge is 0.339 e. The molecule has 2 amide bonds. The molecule has 1 heterocycles. The lowest BCUT2D eigenvalue weighted by Crippen LogP contribution is -2.23. The van der Waals surface area contributed by atoms with Crippen molar-refractivity contribution in [3.63, 3.8) is 0 Å². The number of carbonyl (C=O) groups is 3. The van der Waals surface area contributed by atoms with Crippen LogP contribution in [0, 0.1) is 5.82 Å². The molecule has 0 saturated carbocycles. The molecule has 3 rings (SSSR count). The second-order valence-electron chi connectivity index (χ2n) is 5.64. The van der Waals surface area contributed by atoms with E-state index in [1.807, 2.05) is 0 Å². The van der Waals surface area contributed by atoms with Gasteiger partial charge in [-0.25, -0.2) is 9.18 Å². The Hall–Kier alpha value is -3.52. The Morgan fingerprint density at radius 3 is 2.43 bits per heavy atom. The molecule has 142 valence electrons. The third kappa shape index (κ3) is 5.01. The number of thiophene rings is 1. The third-order valence-corrected chi connectivity index (χ3v) is 4.32. The fraction of sp³-hybridized carbons (Fsp3) is 0.0500. The van der Waals surface area contributed by atoms with Crippen LogP contribution in [-0.2, 0) is 9.53 Å². The van der Waals surface area contributed by atoms with E-state index in [-0.39, 0.29) is 11.3 Å². The standard InChI is InChI=1S/C20H15FN2O4S/c21-14-5-7-15(8-6-14)22-19(25)16-3-1-2-4-17(16)23-18(24)11-27-20(26)13-9-10-28-12-13/h1-10,12H,11H2,(H,22,25)(H,23,24). The molecule has 0 spiro atoms. The van der Waals surface area contributed by atoms with E-state index in [2.05, 4.69) is 10.6 Å². The van der Waals surface area contributed by atoms with Crippen LogP contribution in [-0.4, -0.2) is 24.4 Å². The van der Waals surface area contributed by atoms with Crippen molar-refractivity contribution in [2.24, 2.45) is 0 Å². The van der Waals surface area contributed by atoms with Crippen LogP contribution in [0.1, 0.15) is 20.7 Å². The predicted octanol–water partition coefficient (Wildman–Crippen LogP) is 3.94. The number of anilines is 2. The lowest BCUT2D eigenvalue weighted by molar-refractivity contribution is -0.119. The van der Waals surface area contributed by atoms with Gasteiger partial charge < -0.3 is 15.4 Å². The van der Waals surface area contributed by atoms with Crippen LogP contribution in [0.5, 0.6) is 0 Å². The van der Waals surface area contributed by atoms with E-state index in [0.29, 0.717) is 11.3 Å². The number of hydrogen-bond donors (Lipinski definition) is 2. The monoisotopic (exact) mass is 398 g/mol. The summed E-state index contributed by atoms with van der Waals surface area (Å²) in [5.74, 6) is -2.07. The van der Waals surface area contributed by atoms with E-state index < -0.39 is 30.2 Å². The lowest BCUT2D eigenvalue weighted by atomic mass is 10.1. The number of halogens is 1. The van der Waals surface area contributed by atoms with Crippen LogP contribution in [0.15, 0.2) is 65.4 Å². The van der Waals surface area contributed by atoms with Crippen molar-refractivity contribution in [1.82, 2.24) is 0 Å². The number of benzene rings is 2. The van der Waals surface area contributed by atoms with E-state index >= 15 is 0 Å². The van der Waals surface area contributed by atoms with Gasteiger partial charge in [-0.1, -0.05) is 12.1 Å². The Bertz CT molecular complexity index is 988. The number of amides is 2. The molecule has 1 aromatic heterocycles. The largest absolute Gasteiger partial charge is 0.452 e. The zero-order chi connectivity index (χ0) is 19.9. The van der Waals surface area contributed by atoms with Crippen molar-refractivity contribution in [3.8, 4) is 0 Å². The predicted molar refractivity (Wildman–Crippen MR) is 104 cm³/mol. The number of para-hydroxylation sites is 1. The molecule has 0 radical (unpaired) electrons. The summed E-state index contributed by atoms with van der Waals surface area (Å²) in [7, 11) is 0. The van der Waals surface area contributed by atoms with Gasteiger partial charge in [0.25, 0.3) is 11.8 Å². The summed E-state index contributed by atoms with van der Waals surface area (Å²) in [4.78, 5) is 36.4. The van der Waals surface area contributed by atoms with Gasteiger partial charge in [-0.05, 0) is 47.8 Å².